The van der Waals surface area contributed by atoms with Gasteiger partial charge in [0.1, 0.15) is 0 Å². The van der Waals surface area contributed by atoms with Crippen LogP contribution in [-0.2, 0) is 6.42 Å². The fraction of sp³-hybridized carbons (Fsp3) is 0.412. The summed E-state index contributed by atoms with van der Waals surface area (Å²) in [5.41, 5.74) is 2.57. The van der Waals surface area contributed by atoms with E-state index in [9.17, 15) is 0 Å². The van der Waals surface area contributed by atoms with Crippen LogP contribution in [0, 0.1) is 0 Å². The molecule has 1 aromatic carbocycles. The number of para-hydroxylation sites is 1. The third-order valence-corrected chi connectivity index (χ3v) is 5.91. The average molecular weight is 347 g/mol. The lowest BCUT2D eigenvalue weighted by atomic mass is 10.1. The normalized spacial score (nSPS) is 14.0. The van der Waals surface area contributed by atoms with Crippen LogP contribution in [0.5, 0.6) is 0 Å². The van der Waals surface area contributed by atoms with Gasteiger partial charge >= 0.3 is 0 Å². The summed E-state index contributed by atoms with van der Waals surface area (Å²) in [6.07, 6.45) is 4.22. The number of benzene rings is 1. The molecular formula is C17H22N4S2. The molecule has 0 fully saturated rings. The summed E-state index contributed by atoms with van der Waals surface area (Å²) in [7, 11) is 0. The molecule has 6 heteroatoms. The Kier molecular flexibility index (Phi) is 5.23. The number of nitrogens with zero attached hydrogens (tertiary/aromatic N) is 2. The van der Waals surface area contributed by atoms with Gasteiger partial charge in [-0.15, -0.1) is 10.2 Å². The molecule has 3 aromatic rings. The number of anilines is 1. The van der Waals surface area contributed by atoms with E-state index >= 15 is 0 Å². The van der Waals surface area contributed by atoms with Gasteiger partial charge in [0.05, 0.1) is 0 Å². The minimum absolute atomic E-state index is 0.435. The Bertz CT molecular complexity index is 765. The molecule has 4 nitrogen and oxygen atoms in total. The van der Waals surface area contributed by atoms with Crippen molar-refractivity contribution in [2.45, 2.75) is 49.2 Å². The van der Waals surface area contributed by atoms with Gasteiger partial charge in [-0.3, -0.25) is 0 Å². The van der Waals surface area contributed by atoms with Gasteiger partial charge in [0, 0.05) is 28.4 Å². The maximum atomic E-state index is 4.30. The molecule has 0 saturated heterocycles. The Balaban J connectivity index is 1.62. The van der Waals surface area contributed by atoms with E-state index in [1.54, 1.807) is 23.1 Å². The monoisotopic (exact) mass is 346 g/mol. The van der Waals surface area contributed by atoms with Crippen molar-refractivity contribution < 1.29 is 0 Å². The number of rotatable bonds is 7. The van der Waals surface area contributed by atoms with Crippen LogP contribution in [0.25, 0.3) is 10.9 Å². The van der Waals surface area contributed by atoms with Crippen molar-refractivity contribution in [1.82, 2.24) is 15.2 Å². The lowest BCUT2D eigenvalue weighted by Gasteiger charge is -2.08. The summed E-state index contributed by atoms with van der Waals surface area (Å²) in [5, 5.41) is 14.6. The maximum Gasteiger partial charge on any atom is 0.206 e. The van der Waals surface area contributed by atoms with Crippen LogP contribution in [0.1, 0.15) is 32.8 Å². The van der Waals surface area contributed by atoms with E-state index < -0.39 is 0 Å². The van der Waals surface area contributed by atoms with E-state index in [0.29, 0.717) is 11.3 Å². The van der Waals surface area contributed by atoms with Crippen LogP contribution in [-0.4, -0.2) is 26.5 Å². The number of hydrogen-bond donors (Lipinski definition) is 2. The van der Waals surface area contributed by atoms with Crippen molar-refractivity contribution in [1.29, 1.82) is 0 Å². The fourth-order valence-corrected chi connectivity index (χ4v) is 4.66. The van der Waals surface area contributed by atoms with Crippen molar-refractivity contribution in [2.75, 3.05) is 5.32 Å². The number of thioether (sulfide) groups is 1. The van der Waals surface area contributed by atoms with Gasteiger partial charge in [-0.25, -0.2) is 0 Å². The fourth-order valence-electron chi connectivity index (χ4n) is 2.45. The Morgan fingerprint density at radius 2 is 2.09 bits per heavy atom. The molecule has 23 heavy (non-hydrogen) atoms. The number of hydrogen-bond acceptors (Lipinski definition) is 5. The highest BCUT2D eigenvalue weighted by molar-refractivity contribution is 8.01. The predicted molar refractivity (Wildman–Crippen MR) is 101 cm³/mol. The first-order valence-electron chi connectivity index (χ1n) is 7.97. The molecule has 2 heterocycles. The summed E-state index contributed by atoms with van der Waals surface area (Å²) < 4.78 is 1.03. The molecule has 0 spiro atoms. The summed E-state index contributed by atoms with van der Waals surface area (Å²) in [6, 6.07) is 8.89. The van der Waals surface area contributed by atoms with Gasteiger partial charge in [-0.2, -0.15) is 0 Å². The van der Waals surface area contributed by atoms with Gasteiger partial charge in [0.15, 0.2) is 4.34 Å². The zero-order valence-electron chi connectivity index (χ0n) is 13.7. The molecule has 0 aliphatic carbocycles. The summed E-state index contributed by atoms with van der Waals surface area (Å²) in [6.45, 7) is 6.57. The molecule has 3 rings (SSSR count). The molecule has 2 unspecified atom stereocenters. The Hall–Kier alpha value is -1.53. The van der Waals surface area contributed by atoms with Crippen LogP contribution >= 0.6 is 23.1 Å². The van der Waals surface area contributed by atoms with Crippen molar-refractivity contribution in [2.24, 2.45) is 0 Å². The second-order valence-corrected chi connectivity index (χ2v) is 8.48. The van der Waals surface area contributed by atoms with E-state index in [0.717, 1.165) is 22.3 Å². The lowest BCUT2D eigenvalue weighted by Crippen LogP contribution is -2.12. The van der Waals surface area contributed by atoms with E-state index in [1.807, 2.05) is 0 Å². The average Bonchev–Trinajstić information content (AvgIpc) is 3.15. The lowest BCUT2D eigenvalue weighted by molar-refractivity contribution is 0.759. The molecular weight excluding hydrogens is 324 g/mol. The largest absolute Gasteiger partial charge is 0.361 e. The number of aromatic amines is 1. The highest BCUT2D eigenvalue weighted by Gasteiger charge is 2.13. The molecule has 0 aliphatic heterocycles. The quantitative estimate of drug-likeness (QED) is 0.594. The van der Waals surface area contributed by atoms with Gasteiger partial charge in [-0.1, -0.05) is 55.1 Å². The summed E-state index contributed by atoms with van der Waals surface area (Å²) >= 11 is 3.44. The first kappa shape index (κ1) is 16.3. The van der Waals surface area contributed by atoms with E-state index in [-0.39, 0.29) is 0 Å². The first-order valence-corrected chi connectivity index (χ1v) is 9.67. The molecule has 0 bridgehead atoms. The summed E-state index contributed by atoms with van der Waals surface area (Å²) in [4.78, 5) is 3.34. The highest BCUT2D eigenvalue weighted by Crippen LogP contribution is 2.31. The molecule has 0 radical (unpaired) electrons. The van der Waals surface area contributed by atoms with Gasteiger partial charge in [-0.05, 0) is 31.4 Å². The van der Waals surface area contributed by atoms with Crippen molar-refractivity contribution in [3.05, 3.63) is 36.0 Å². The van der Waals surface area contributed by atoms with E-state index in [1.165, 1.54) is 16.5 Å². The molecule has 2 atom stereocenters. The molecule has 122 valence electrons. The van der Waals surface area contributed by atoms with E-state index in [4.69, 9.17) is 0 Å². The number of aromatic nitrogens is 3. The van der Waals surface area contributed by atoms with Crippen LogP contribution in [0.3, 0.4) is 0 Å². The van der Waals surface area contributed by atoms with Gasteiger partial charge in [0.25, 0.3) is 0 Å². The Morgan fingerprint density at radius 3 is 2.91 bits per heavy atom. The SMILES string of the molecule is CCC(C)Nc1nnc(SC(C)Cc2c[nH]c3ccccc23)s1. The minimum atomic E-state index is 0.435. The van der Waals surface area contributed by atoms with Crippen LogP contribution in [0.4, 0.5) is 5.13 Å². The standard InChI is InChI=1S/C17H22N4S2/c1-4-11(2)19-16-20-21-17(23-16)22-12(3)9-13-10-18-15-8-6-5-7-14(13)15/h5-8,10-12,18H,4,9H2,1-3H3,(H,19,20). The maximum absolute atomic E-state index is 4.30. The number of nitrogens with one attached hydrogen (secondary N) is 2. The molecule has 0 aliphatic rings. The van der Waals surface area contributed by atoms with Crippen LogP contribution in [0.15, 0.2) is 34.8 Å². The summed E-state index contributed by atoms with van der Waals surface area (Å²) in [5.74, 6) is 0. The topological polar surface area (TPSA) is 53.6 Å². The second-order valence-electron chi connectivity index (χ2n) is 5.82. The second kappa shape index (κ2) is 7.36. The smallest absolute Gasteiger partial charge is 0.206 e. The number of H-pyrrole nitrogens is 1. The molecule has 2 aromatic heterocycles. The zero-order chi connectivity index (χ0) is 16.2. The van der Waals surface area contributed by atoms with Crippen molar-refractivity contribution in [3.63, 3.8) is 0 Å². The highest BCUT2D eigenvalue weighted by atomic mass is 32.2. The number of fused-ring (bicyclic) bond motifs is 1. The third-order valence-electron chi connectivity index (χ3n) is 3.87. The minimum Gasteiger partial charge on any atom is -0.361 e. The Morgan fingerprint density at radius 1 is 1.26 bits per heavy atom. The Labute approximate surface area is 145 Å². The van der Waals surface area contributed by atoms with Gasteiger partial charge < -0.3 is 10.3 Å². The van der Waals surface area contributed by atoms with Gasteiger partial charge in [0.2, 0.25) is 5.13 Å². The van der Waals surface area contributed by atoms with Crippen LogP contribution in [0.2, 0.25) is 0 Å². The van der Waals surface area contributed by atoms with Crippen molar-refractivity contribution in [3.8, 4) is 0 Å². The van der Waals surface area contributed by atoms with Crippen molar-refractivity contribution >= 4 is 39.1 Å². The zero-order valence-corrected chi connectivity index (χ0v) is 15.3. The molecule has 0 saturated carbocycles. The first-order chi connectivity index (χ1) is 11.2. The molecule has 0 amide bonds. The van der Waals surface area contributed by atoms with Crippen LogP contribution < -0.4 is 5.32 Å². The third kappa shape index (κ3) is 4.06. The van der Waals surface area contributed by atoms with E-state index in [2.05, 4.69) is 71.7 Å². The predicted octanol–water partition coefficient (Wildman–Crippen LogP) is 4.95. The molecule has 2 N–H and O–H groups in total.